The van der Waals surface area contributed by atoms with Crippen LogP contribution in [0.4, 0.5) is 0 Å². The van der Waals surface area contributed by atoms with Crippen LogP contribution >= 0.6 is 11.6 Å². The van der Waals surface area contributed by atoms with Gasteiger partial charge in [-0.1, -0.05) is 38.4 Å². The highest BCUT2D eigenvalue weighted by Gasteiger charge is 2.26. The highest BCUT2D eigenvalue weighted by molar-refractivity contribution is 6.29. The molecule has 0 spiro atoms. The molecule has 0 aromatic carbocycles. The van der Waals surface area contributed by atoms with Gasteiger partial charge in [0.1, 0.15) is 0 Å². The molecule has 1 rings (SSSR count). The zero-order valence-electron chi connectivity index (χ0n) is 8.65. The van der Waals surface area contributed by atoms with E-state index in [4.69, 9.17) is 11.6 Å². The molecule has 13 heavy (non-hydrogen) atoms. The summed E-state index contributed by atoms with van der Waals surface area (Å²) in [5.41, 5.74) is 0. The maximum absolute atomic E-state index is 5.74. The van der Waals surface area contributed by atoms with Gasteiger partial charge in [-0.3, -0.25) is 0 Å². The lowest BCUT2D eigenvalue weighted by Crippen LogP contribution is -2.43. The summed E-state index contributed by atoms with van der Waals surface area (Å²) in [6.07, 6.45) is 4.07. The van der Waals surface area contributed by atoms with Gasteiger partial charge in [0.05, 0.1) is 0 Å². The van der Waals surface area contributed by atoms with Gasteiger partial charge in [0, 0.05) is 17.6 Å². The molecule has 1 aliphatic rings. The van der Waals surface area contributed by atoms with Crippen LogP contribution in [-0.2, 0) is 0 Å². The van der Waals surface area contributed by atoms with Crippen LogP contribution in [0, 0.1) is 11.8 Å². The molecule has 0 amide bonds. The minimum absolute atomic E-state index is 0.629. The molecular formula is C11H20ClN. The second-order valence-electron chi connectivity index (χ2n) is 4.31. The van der Waals surface area contributed by atoms with Crippen LogP contribution in [0.15, 0.2) is 11.6 Å². The molecule has 0 bridgehead atoms. The Morgan fingerprint density at radius 3 is 2.38 bits per heavy atom. The van der Waals surface area contributed by atoms with Gasteiger partial charge in [-0.05, 0) is 24.7 Å². The Morgan fingerprint density at radius 2 is 1.92 bits per heavy atom. The molecule has 1 saturated carbocycles. The molecule has 2 atom stereocenters. The maximum atomic E-state index is 5.74. The summed E-state index contributed by atoms with van der Waals surface area (Å²) < 4.78 is 0. The Morgan fingerprint density at radius 1 is 1.38 bits per heavy atom. The number of halogens is 1. The molecule has 1 N–H and O–H groups in total. The van der Waals surface area contributed by atoms with Crippen molar-refractivity contribution in [3.63, 3.8) is 0 Å². The second kappa shape index (κ2) is 5.02. The van der Waals surface area contributed by atoms with Gasteiger partial charge in [-0.25, -0.2) is 0 Å². The maximum Gasteiger partial charge on any atom is 0.0310 e. The van der Waals surface area contributed by atoms with E-state index < -0.39 is 0 Å². The first-order chi connectivity index (χ1) is 6.11. The Labute approximate surface area is 86.5 Å². The van der Waals surface area contributed by atoms with Crippen molar-refractivity contribution in [1.82, 2.24) is 5.32 Å². The van der Waals surface area contributed by atoms with E-state index in [1.807, 2.05) is 0 Å². The van der Waals surface area contributed by atoms with Crippen molar-refractivity contribution < 1.29 is 0 Å². The third-order valence-corrected chi connectivity index (χ3v) is 3.21. The van der Waals surface area contributed by atoms with Crippen LogP contribution in [-0.4, -0.2) is 12.6 Å². The Balaban J connectivity index is 2.39. The standard InChI is InChI=1S/C11H20ClN/c1-8-5-4-6-9(2)11(8)13-7-10(3)12/h8-9,11,13H,3-7H2,1-2H3. The Hall–Kier alpha value is -0.0100. The molecule has 1 aliphatic carbocycles. The molecule has 0 heterocycles. The van der Waals surface area contributed by atoms with E-state index in [0.29, 0.717) is 11.1 Å². The second-order valence-corrected chi connectivity index (χ2v) is 4.84. The van der Waals surface area contributed by atoms with Gasteiger partial charge in [-0.2, -0.15) is 0 Å². The van der Waals surface area contributed by atoms with Crippen molar-refractivity contribution in [2.45, 2.75) is 39.2 Å². The molecule has 0 aromatic heterocycles. The molecule has 2 unspecified atom stereocenters. The quantitative estimate of drug-likeness (QED) is 0.740. The highest BCUT2D eigenvalue weighted by Crippen LogP contribution is 2.28. The van der Waals surface area contributed by atoms with Gasteiger partial charge >= 0.3 is 0 Å². The van der Waals surface area contributed by atoms with Crippen LogP contribution in [0.25, 0.3) is 0 Å². The van der Waals surface area contributed by atoms with Gasteiger partial charge in [-0.15, -0.1) is 0 Å². The molecular weight excluding hydrogens is 182 g/mol. The van der Waals surface area contributed by atoms with Crippen LogP contribution in [0.5, 0.6) is 0 Å². The van der Waals surface area contributed by atoms with Gasteiger partial charge in [0.15, 0.2) is 0 Å². The van der Waals surface area contributed by atoms with E-state index in [0.717, 1.165) is 18.4 Å². The summed E-state index contributed by atoms with van der Waals surface area (Å²) >= 11 is 5.74. The van der Waals surface area contributed by atoms with Crippen molar-refractivity contribution >= 4 is 11.6 Å². The molecule has 0 radical (unpaired) electrons. The molecule has 0 saturated heterocycles. The molecule has 1 fully saturated rings. The summed E-state index contributed by atoms with van der Waals surface area (Å²) in [5.74, 6) is 1.56. The van der Waals surface area contributed by atoms with E-state index in [1.54, 1.807) is 0 Å². The molecule has 2 heteroatoms. The normalized spacial score (nSPS) is 34.5. The first kappa shape index (κ1) is 11.1. The lowest BCUT2D eigenvalue weighted by Gasteiger charge is -2.35. The van der Waals surface area contributed by atoms with E-state index in [-0.39, 0.29) is 0 Å². The van der Waals surface area contributed by atoms with Crippen molar-refractivity contribution in [2.75, 3.05) is 6.54 Å². The minimum atomic E-state index is 0.629. The minimum Gasteiger partial charge on any atom is -0.309 e. The van der Waals surface area contributed by atoms with E-state index in [9.17, 15) is 0 Å². The van der Waals surface area contributed by atoms with Gasteiger partial charge in [0.25, 0.3) is 0 Å². The van der Waals surface area contributed by atoms with Crippen molar-refractivity contribution in [3.05, 3.63) is 11.6 Å². The first-order valence-electron chi connectivity index (χ1n) is 5.18. The topological polar surface area (TPSA) is 12.0 Å². The zero-order chi connectivity index (χ0) is 9.84. The third kappa shape index (κ3) is 3.32. The predicted octanol–water partition coefficient (Wildman–Crippen LogP) is 3.15. The van der Waals surface area contributed by atoms with Gasteiger partial charge < -0.3 is 5.32 Å². The molecule has 1 nitrogen and oxygen atoms in total. The number of hydrogen-bond donors (Lipinski definition) is 1. The largest absolute Gasteiger partial charge is 0.309 e. The van der Waals surface area contributed by atoms with E-state index in [1.165, 1.54) is 19.3 Å². The fourth-order valence-corrected chi connectivity index (χ4v) is 2.39. The molecule has 0 aromatic rings. The number of nitrogens with one attached hydrogen (secondary N) is 1. The first-order valence-corrected chi connectivity index (χ1v) is 5.55. The van der Waals surface area contributed by atoms with Crippen LogP contribution in [0.2, 0.25) is 0 Å². The van der Waals surface area contributed by atoms with Crippen molar-refractivity contribution in [1.29, 1.82) is 0 Å². The van der Waals surface area contributed by atoms with Crippen molar-refractivity contribution in [3.8, 4) is 0 Å². The predicted molar refractivity (Wildman–Crippen MR) is 59.0 cm³/mol. The summed E-state index contributed by atoms with van der Waals surface area (Å²) in [5, 5.41) is 4.20. The number of hydrogen-bond acceptors (Lipinski definition) is 1. The highest BCUT2D eigenvalue weighted by atomic mass is 35.5. The summed E-state index contributed by atoms with van der Waals surface area (Å²) in [6, 6.07) is 0.629. The third-order valence-electron chi connectivity index (χ3n) is 3.07. The molecule has 76 valence electrons. The molecule has 0 aliphatic heterocycles. The monoisotopic (exact) mass is 201 g/mol. The SMILES string of the molecule is C=C(Cl)CNC1C(C)CCCC1C. The summed E-state index contributed by atoms with van der Waals surface area (Å²) in [7, 11) is 0. The van der Waals surface area contributed by atoms with E-state index in [2.05, 4.69) is 25.7 Å². The van der Waals surface area contributed by atoms with Crippen LogP contribution < -0.4 is 5.32 Å². The fourth-order valence-electron chi connectivity index (χ4n) is 2.31. The van der Waals surface area contributed by atoms with Crippen LogP contribution in [0.3, 0.4) is 0 Å². The average Bonchev–Trinajstić information content (AvgIpc) is 2.03. The van der Waals surface area contributed by atoms with E-state index >= 15 is 0 Å². The smallest absolute Gasteiger partial charge is 0.0310 e. The van der Waals surface area contributed by atoms with Crippen LogP contribution in [0.1, 0.15) is 33.1 Å². The zero-order valence-corrected chi connectivity index (χ0v) is 9.40. The Kier molecular flexibility index (Phi) is 4.27. The number of rotatable bonds is 3. The lowest BCUT2D eigenvalue weighted by molar-refractivity contribution is 0.214. The van der Waals surface area contributed by atoms with Gasteiger partial charge in [0.2, 0.25) is 0 Å². The fraction of sp³-hybridized carbons (Fsp3) is 0.818. The summed E-state index contributed by atoms with van der Waals surface area (Å²) in [6.45, 7) is 9.09. The lowest BCUT2D eigenvalue weighted by atomic mass is 9.79. The summed E-state index contributed by atoms with van der Waals surface area (Å²) in [4.78, 5) is 0. The Bertz CT molecular complexity index is 169. The van der Waals surface area contributed by atoms with Crippen molar-refractivity contribution in [2.24, 2.45) is 11.8 Å². The average molecular weight is 202 g/mol.